The Hall–Kier alpha value is -5.20. The van der Waals surface area contributed by atoms with Gasteiger partial charge in [-0.05, 0) is 127 Å². The molecule has 3 N–H and O–H groups in total. The number of pyridine rings is 1. The number of aliphatic hydroxyl groups excluding tert-OH is 1. The van der Waals surface area contributed by atoms with Gasteiger partial charge in [-0.1, -0.05) is 60.1 Å². The number of aryl methyl sites for hydroxylation is 1. The van der Waals surface area contributed by atoms with Crippen LogP contribution in [0.2, 0.25) is 5.02 Å². The van der Waals surface area contributed by atoms with Crippen LogP contribution in [0.3, 0.4) is 0 Å². The minimum Gasteiger partial charge on any atom is -0.488 e. The number of nitrogens with zero attached hydrogens (tertiary/aromatic N) is 2. The molecular formula is C45H44ClN3O5. The Morgan fingerprint density at radius 2 is 1.70 bits per heavy atom. The van der Waals surface area contributed by atoms with Gasteiger partial charge in [0.2, 0.25) is 0 Å². The third-order valence-electron chi connectivity index (χ3n) is 11.2. The highest BCUT2D eigenvalue weighted by atomic mass is 35.5. The van der Waals surface area contributed by atoms with Crippen molar-refractivity contribution in [3.05, 3.63) is 135 Å². The Morgan fingerprint density at radius 1 is 0.944 bits per heavy atom. The van der Waals surface area contributed by atoms with Crippen molar-refractivity contribution in [1.82, 2.24) is 10.3 Å². The topological polar surface area (TPSA) is 125 Å². The molecule has 54 heavy (non-hydrogen) atoms. The number of carboxylic acids is 1. The minimum absolute atomic E-state index is 0.121. The molecule has 7 rings (SSSR count). The third-order valence-corrected chi connectivity index (χ3v) is 11.5. The number of fused-ring (bicyclic) bond motifs is 4. The van der Waals surface area contributed by atoms with E-state index in [9.17, 15) is 20.3 Å². The second-order valence-electron chi connectivity index (χ2n) is 14.9. The molecule has 0 amide bonds. The van der Waals surface area contributed by atoms with E-state index in [0.29, 0.717) is 45.3 Å². The molecule has 1 saturated heterocycles. The highest BCUT2D eigenvalue weighted by Crippen LogP contribution is 2.41. The number of aromatic nitrogens is 1. The summed E-state index contributed by atoms with van der Waals surface area (Å²) in [6.45, 7) is 5.70. The van der Waals surface area contributed by atoms with Gasteiger partial charge in [0, 0.05) is 36.1 Å². The summed E-state index contributed by atoms with van der Waals surface area (Å²) in [6.07, 6.45) is 7.11. The van der Waals surface area contributed by atoms with Crippen molar-refractivity contribution < 1.29 is 24.5 Å². The zero-order valence-electron chi connectivity index (χ0n) is 30.8. The van der Waals surface area contributed by atoms with Crippen LogP contribution in [0.25, 0.3) is 22.3 Å². The number of carbonyl (C=O) groups is 1. The van der Waals surface area contributed by atoms with Crippen molar-refractivity contribution >= 4 is 17.6 Å². The molecule has 4 aromatic carbocycles. The summed E-state index contributed by atoms with van der Waals surface area (Å²) in [5, 5.41) is 33.0. The number of benzene rings is 4. The summed E-state index contributed by atoms with van der Waals surface area (Å²) < 4.78 is 12.6. The van der Waals surface area contributed by atoms with Crippen LogP contribution < -0.4 is 14.8 Å². The fourth-order valence-corrected chi connectivity index (χ4v) is 8.00. The highest BCUT2D eigenvalue weighted by molar-refractivity contribution is 6.32. The molecule has 8 nitrogen and oxygen atoms in total. The van der Waals surface area contributed by atoms with E-state index in [4.69, 9.17) is 21.1 Å². The van der Waals surface area contributed by atoms with Crippen molar-refractivity contribution in [1.29, 1.82) is 5.26 Å². The maximum Gasteiger partial charge on any atom is 0.311 e. The molecule has 9 heteroatoms. The van der Waals surface area contributed by atoms with E-state index in [-0.39, 0.29) is 26.1 Å². The van der Waals surface area contributed by atoms with E-state index >= 15 is 0 Å². The molecule has 2 unspecified atom stereocenters. The Bertz CT molecular complexity index is 2270. The van der Waals surface area contributed by atoms with Gasteiger partial charge in [-0.25, -0.2) is 0 Å². The van der Waals surface area contributed by atoms with Crippen LogP contribution in [0.15, 0.2) is 85.2 Å². The first-order chi connectivity index (χ1) is 26.1. The van der Waals surface area contributed by atoms with Crippen molar-refractivity contribution in [2.24, 2.45) is 5.41 Å². The summed E-state index contributed by atoms with van der Waals surface area (Å²) in [5.74, 6) is -0.202. The number of ether oxygens (including phenoxy) is 2. The minimum atomic E-state index is -1.33. The number of halogens is 1. The van der Waals surface area contributed by atoms with Gasteiger partial charge in [-0.15, -0.1) is 0 Å². The van der Waals surface area contributed by atoms with Crippen LogP contribution in [0.5, 0.6) is 11.5 Å². The number of hydrogen-bond acceptors (Lipinski definition) is 7. The van der Waals surface area contributed by atoms with Crippen LogP contribution in [-0.2, 0) is 30.8 Å². The lowest BCUT2D eigenvalue weighted by Gasteiger charge is -2.25. The van der Waals surface area contributed by atoms with Crippen LogP contribution >= 0.6 is 11.6 Å². The molecule has 5 aromatic rings. The normalized spacial score (nSPS) is 17.0. The van der Waals surface area contributed by atoms with E-state index in [2.05, 4.69) is 84.8 Å². The second kappa shape index (κ2) is 15.6. The van der Waals surface area contributed by atoms with Crippen molar-refractivity contribution in [2.75, 3.05) is 6.61 Å². The maximum atomic E-state index is 11.9. The number of rotatable bonds is 13. The molecule has 0 aliphatic carbocycles. The first-order valence-corrected chi connectivity index (χ1v) is 18.8. The Kier molecular flexibility index (Phi) is 10.8. The molecule has 2 aliphatic rings. The Balaban J connectivity index is 1.14. The lowest BCUT2D eigenvalue weighted by atomic mass is 9.85. The fraction of sp³-hybridized carbons (Fsp3) is 0.311. The predicted molar refractivity (Wildman–Crippen MR) is 210 cm³/mol. The quantitative estimate of drug-likeness (QED) is 0.109. The molecule has 1 aromatic heterocycles. The predicted octanol–water partition coefficient (Wildman–Crippen LogP) is 9.08. The number of aliphatic hydroxyl groups is 1. The molecule has 0 saturated carbocycles. The smallest absolute Gasteiger partial charge is 0.311 e. The molecule has 0 spiro atoms. The Labute approximate surface area is 321 Å². The number of nitrogens with one attached hydrogen (secondary N) is 1. The van der Waals surface area contributed by atoms with Gasteiger partial charge in [-0.3, -0.25) is 9.78 Å². The average Bonchev–Trinajstić information content (AvgIpc) is 3.58. The van der Waals surface area contributed by atoms with Gasteiger partial charge in [0.05, 0.1) is 22.6 Å². The number of nitriles is 1. The maximum absolute atomic E-state index is 11.9. The zero-order valence-corrected chi connectivity index (χ0v) is 31.5. The number of carboxylic acid groups (broad SMARTS) is 1. The molecule has 2 aliphatic heterocycles. The lowest BCUT2D eigenvalue weighted by Crippen LogP contribution is -2.32. The summed E-state index contributed by atoms with van der Waals surface area (Å²) in [4.78, 5) is 16.0. The average molecular weight is 742 g/mol. The molecular weight excluding hydrogens is 698 g/mol. The van der Waals surface area contributed by atoms with Gasteiger partial charge >= 0.3 is 5.97 Å². The van der Waals surface area contributed by atoms with E-state index in [0.717, 1.165) is 23.1 Å². The molecule has 2 bridgehead atoms. The van der Waals surface area contributed by atoms with Crippen molar-refractivity contribution in [2.45, 2.75) is 78.2 Å². The van der Waals surface area contributed by atoms with Crippen LogP contribution in [-0.4, -0.2) is 33.8 Å². The first-order valence-electron chi connectivity index (χ1n) is 18.4. The summed E-state index contributed by atoms with van der Waals surface area (Å²) in [5.41, 5.74) is 11.5. The second-order valence-corrected chi connectivity index (χ2v) is 15.3. The van der Waals surface area contributed by atoms with E-state index in [1.165, 1.54) is 59.3 Å². The largest absolute Gasteiger partial charge is 0.488 e. The van der Waals surface area contributed by atoms with Crippen LogP contribution in [0.1, 0.15) is 76.7 Å². The first kappa shape index (κ1) is 37.1. The SMILES string of the molecule is Cc1c(COc2cc(OCc3cncc(C#N)c3)c(CC[C@@](C)(CO)C(=O)O)cc2Cl)cccc1-c1cccc(-c2ccc3c(c2)C2CCC(C3)N2)c1C. The monoisotopic (exact) mass is 741 g/mol. The van der Waals surface area contributed by atoms with Gasteiger partial charge in [-0.2, -0.15) is 5.26 Å². The summed E-state index contributed by atoms with van der Waals surface area (Å²) in [7, 11) is 0. The highest BCUT2D eigenvalue weighted by Gasteiger charge is 2.33. The number of hydrogen-bond donors (Lipinski definition) is 3. The van der Waals surface area contributed by atoms with Crippen molar-refractivity contribution in [3.8, 4) is 39.8 Å². The number of aliphatic carboxylic acids is 1. The fourth-order valence-electron chi connectivity index (χ4n) is 7.76. The van der Waals surface area contributed by atoms with Crippen molar-refractivity contribution in [3.63, 3.8) is 0 Å². The third kappa shape index (κ3) is 7.58. The van der Waals surface area contributed by atoms with E-state index in [1.54, 1.807) is 24.4 Å². The van der Waals surface area contributed by atoms with Gasteiger partial charge in [0.15, 0.2) is 0 Å². The van der Waals surface area contributed by atoms with Gasteiger partial charge in [0.25, 0.3) is 0 Å². The summed E-state index contributed by atoms with van der Waals surface area (Å²) >= 11 is 6.80. The molecule has 1 fully saturated rings. The molecule has 0 radical (unpaired) electrons. The summed E-state index contributed by atoms with van der Waals surface area (Å²) in [6, 6.07) is 28.1. The molecule has 3 atom stereocenters. The van der Waals surface area contributed by atoms with Crippen LogP contribution in [0.4, 0.5) is 0 Å². The molecule has 276 valence electrons. The van der Waals surface area contributed by atoms with Gasteiger partial charge < -0.3 is 25.0 Å². The zero-order chi connectivity index (χ0) is 38.0. The Morgan fingerprint density at radius 3 is 2.48 bits per heavy atom. The van der Waals surface area contributed by atoms with E-state index in [1.807, 2.05) is 0 Å². The van der Waals surface area contributed by atoms with E-state index < -0.39 is 18.0 Å². The van der Waals surface area contributed by atoms with Gasteiger partial charge in [0.1, 0.15) is 30.8 Å². The molecule has 3 heterocycles. The standard InChI is InChI=1S/C45H44ClN3O5/c1-27-34(6-4-8-37(27)38-9-5-7-36(28(38)2)32-11-10-31-17-35-12-13-41(49-35)39(31)18-32)25-54-43-20-42(53-24-30-16-29(21-47)22-48-23-30)33(19-40(43)46)14-15-45(3,26-50)44(51)52/h4-11,16,18-20,22-23,35,41,49-50H,12-15,17,24-26H2,1-3H3,(H,51,52)/t35?,41?,45-/m0/s1. The van der Waals surface area contributed by atoms with Crippen LogP contribution in [0, 0.1) is 30.6 Å². The lowest BCUT2D eigenvalue weighted by molar-refractivity contribution is -0.150.